The van der Waals surface area contributed by atoms with Crippen LogP contribution < -0.4 is 5.32 Å². The number of hydrogen-bond donors (Lipinski definition) is 1. The van der Waals surface area contributed by atoms with Gasteiger partial charge in [-0.1, -0.05) is 38.5 Å². The van der Waals surface area contributed by atoms with E-state index >= 15 is 0 Å². The van der Waals surface area contributed by atoms with E-state index in [4.69, 9.17) is 4.99 Å². The quantitative estimate of drug-likeness (QED) is 0.840. The normalized spacial score (nSPS) is 28.7. The predicted octanol–water partition coefficient (Wildman–Crippen LogP) is 2.97. The minimum atomic E-state index is 0.492. The largest absolute Gasteiger partial charge is 0.361 e. The van der Waals surface area contributed by atoms with Crippen molar-refractivity contribution in [3.05, 3.63) is 0 Å². The van der Waals surface area contributed by atoms with Crippen molar-refractivity contribution in [1.29, 1.82) is 0 Å². The number of nitrogens with one attached hydrogen (secondary N) is 1. The molecule has 1 N–H and O–H groups in total. The molecule has 1 saturated carbocycles. The molecule has 110 valence electrons. The summed E-state index contributed by atoms with van der Waals surface area (Å²) >= 11 is 1.94. The highest BCUT2D eigenvalue weighted by molar-refractivity contribution is 8.13. The molecule has 1 fully saturated rings. The van der Waals surface area contributed by atoms with Gasteiger partial charge in [0.25, 0.3) is 0 Å². The first-order valence-electron chi connectivity index (χ1n) is 7.92. The SMILES string of the molecule is CCN(CC)CC(C)NC1=NC2CCCCC2CS1. The number of hydrogen-bond acceptors (Lipinski definition) is 4. The first-order chi connectivity index (χ1) is 9.22. The Morgan fingerprint density at radius 3 is 2.79 bits per heavy atom. The number of fused-ring (bicyclic) bond motifs is 1. The molecule has 1 heterocycles. The van der Waals surface area contributed by atoms with Crippen molar-refractivity contribution in [3.63, 3.8) is 0 Å². The minimum absolute atomic E-state index is 0.492. The summed E-state index contributed by atoms with van der Waals surface area (Å²) in [4.78, 5) is 7.42. The molecule has 0 amide bonds. The van der Waals surface area contributed by atoms with Crippen molar-refractivity contribution in [1.82, 2.24) is 10.2 Å². The molecule has 0 aromatic heterocycles. The van der Waals surface area contributed by atoms with Crippen molar-refractivity contribution in [2.45, 2.75) is 58.5 Å². The molecule has 1 aliphatic carbocycles. The maximum Gasteiger partial charge on any atom is 0.157 e. The smallest absolute Gasteiger partial charge is 0.157 e. The molecular weight excluding hydrogens is 254 g/mol. The second kappa shape index (κ2) is 7.53. The van der Waals surface area contributed by atoms with Crippen LogP contribution in [0.4, 0.5) is 0 Å². The molecule has 1 aliphatic heterocycles. The van der Waals surface area contributed by atoms with E-state index < -0.39 is 0 Å². The first-order valence-corrected chi connectivity index (χ1v) is 8.91. The number of amidine groups is 1. The summed E-state index contributed by atoms with van der Waals surface area (Å²) in [5, 5.41) is 4.82. The Morgan fingerprint density at radius 2 is 2.05 bits per heavy atom. The molecule has 0 bridgehead atoms. The van der Waals surface area contributed by atoms with Crippen LogP contribution in [0.25, 0.3) is 0 Å². The number of rotatable bonds is 5. The number of nitrogens with zero attached hydrogens (tertiary/aromatic N) is 2. The van der Waals surface area contributed by atoms with E-state index in [-0.39, 0.29) is 0 Å². The Morgan fingerprint density at radius 1 is 1.32 bits per heavy atom. The molecule has 2 rings (SSSR count). The van der Waals surface area contributed by atoms with E-state index in [2.05, 4.69) is 31.0 Å². The average Bonchev–Trinajstić information content (AvgIpc) is 2.44. The molecule has 2 aliphatic rings. The maximum absolute atomic E-state index is 4.95. The zero-order chi connectivity index (χ0) is 13.7. The Kier molecular flexibility index (Phi) is 6.02. The van der Waals surface area contributed by atoms with Gasteiger partial charge in [-0.15, -0.1) is 0 Å². The lowest BCUT2D eigenvalue weighted by atomic mass is 9.86. The van der Waals surface area contributed by atoms with Gasteiger partial charge in [0.05, 0.1) is 6.04 Å². The molecule has 0 aromatic carbocycles. The van der Waals surface area contributed by atoms with Crippen LogP contribution in [0.1, 0.15) is 46.5 Å². The second-order valence-corrected chi connectivity index (χ2v) is 6.90. The molecule has 19 heavy (non-hydrogen) atoms. The summed E-state index contributed by atoms with van der Waals surface area (Å²) in [6, 6.07) is 1.10. The average molecular weight is 283 g/mol. The lowest BCUT2D eigenvalue weighted by Gasteiger charge is -2.34. The van der Waals surface area contributed by atoms with E-state index in [0.717, 1.165) is 25.6 Å². The van der Waals surface area contributed by atoms with Crippen LogP contribution in [0.2, 0.25) is 0 Å². The highest BCUT2D eigenvalue weighted by Gasteiger charge is 2.29. The molecule has 0 aromatic rings. The van der Waals surface area contributed by atoms with Crippen molar-refractivity contribution < 1.29 is 0 Å². The zero-order valence-electron chi connectivity index (χ0n) is 12.7. The van der Waals surface area contributed by atoms with Crippen LogP contribution in [0.15, 0.2) is 4.99 Å². The summed E-state index contributed by atoms with van der Waals surface area (Å²) < 4.78 is 0. The molecule has 0 saturated heterocycles. The van der Waals surface area contributed by atoms with E-state index in [1.807, 2.05) is 11.8 Å². The van der Waals surface area contributed by atoms with Crippen molar-refractivity contribution >= 4 is 16.9 Å². The van der Waals surface area contributed by atoms with Crippen LogP contribution in [0.3, 0.4) is 0 Å². The third-order valence-corrected chi connectivity index (χ3v) is 5.47. The fourth-order valence-electron chi connectivity index (χ4n) is 3.13. The van der Waals surface area contributed by atoms with E-state index in [0.29, 0.717) is 12.1 Å². The van der Waals surface area contributed by atoms with E-state index in [1.54, 1.807) is 0 Å². The summed E-state index contributed by atoms with van der Waals surface area (Å²) in [7, 11) is 0. The van der Waals surface area contributed by atoms with Gasteiger partial charge in [-0.2, -0.15) is 0 Å². The van der Waals surface area contributed by atoms with Crippen LogP contribution in [0.5, 0.6) is 0 Å². The first kappa shape index (κ1) is 15.2. The van der Waals surface area contributed by atoms with Gasteiger partial charge in [-0.25, -0.2) is 0 Å². The van der Waals surface area contributed by atoms with Crippen molar-refractivity contribution in [2.24, 2.45) is 10.9 Å². The van der Waals surface area contributed by atoms with Gasteiger partial charge in [0.1, 0.15) is 0 Å². The summed E-state index contributed by atoms with van der Waals surface area (Å²) in [6.07, 6.45) is 5.49. The highest BCUT2D eigenvalue weighted by atomic mass is 32.2. The Hall–Kier alpha value is -0.220. The van der Waals surface area contributed by atoms with Crippen LogP contribution in [-0.4, -0.2) is 47.5 Å². The second-order valence-electron chi connectivity index (χ2n) is 5.89. The van der Waals surface area contributed by atoms with Crippen LogP contribution in [-0.2, 0) is 0 Å². The van der Waals surface area contributed by atoms with E-state index in [1.165, 1.54) is 36.6 Å². The molecule has 3 nitrogen and oxygen atoms in total. The molecular formula is C15H29N3S. The molecule has 3 atom stereocenters. The van der Waals surface area contributed by atoms with Gasteiger partial charge in [0.15, 0.2) is 5.17 Å². The lowest BCUT2D eigenvalue weighted by Crippen LogP contribution is -2.43. The van der Waals surface area contributed by atoms with Gasteiger partial charge in [0, 0.05) is 18.3 Å². The summed E-state index contributed by atoms with van der Waals surface area (Å²) in [5.41, 5.74) is 0. The highest BCUT2D eigenvalue weighted by Crippen LogP contribution is 2.33. The number of likely N-dealkylation sites (N-methyl/N-ethyl adjacent to an activating group) is 1. The number of aliphatic imine (C=N–C) groups is 1. The molecule has 3 unspecified atom stereocenters. The Bertz CT molecular complexity index is 302. The molecule has 4 heteroatoms. The van der Waals surface area contributed by atoms with Gasteiger partial charge in [0.2, 0.25) is 0 Å². The Labute approximate surface area is 122 Å². The van der Waals surface area contributed by atoms with Crippen molar-refractivity contribution in [2.75, 3.05) is 25.4 Å². The fourth-order valence-corrected chi connectivity index (χ4v) is 4.39. The minimum Gasteiger partial charge on any atom is -0.361 e. The number of thioether (sulfide) groups is 1. The standard InChI is InChI=1S/C15H29N3S/c1-4-18(5-2)10-12(3)16-15-17-14-9-7-6-8-13(14)11-19-15/h12-14H,4-11H2,1-3H3,(H,16,17). The molecule has 0 radical (unpaired) electrons. The van der Waals surface area contributed by atoms with Gasteiger partial charge >= 0.3 is 0 Å². The maximum atomic E-state index is 4.95. The Balaban J connectivity index is 1.83. The molecule has 0 spiro atoms. The fraction of sp³-hybridized carbons (Fsp3) is 0.933. The third-order valence-electron chi connectivity index (χ3n) is 4.38. The topological polar surface area (TPSA) is 27.6 Å². The van der Waals surface area contributed by atoms with Crippen LogP contribution in [0, 0.1) is 5.92 Å². The van der Waals surface area contributed by atoms with Gasteiger partial charge in [-0.05, 0) is 38.8 Å². The van der Waals surface area contributed by atoms with Crippen molar-refractivity contribution in [3.8, 4) is 0 Å². The lowest BCUT2D eigenvalue weighted by molar-refractivity contribution is 0.281. The van der Waals surface area contributed by atoms with E-state index in [9.17, 15) is 0 Å². The predicted molar refractivity (Wildman–Crippen MR) is 86.0 cm³/mol. The third kappa shape index (κ3) is 4.38. The summed E-state index contributed by atoms with van der Waals surface area (Å²) in [5.74, 6) is 2.12. The van der Waals surface area contributed by atoms with Gasteiger partial charge in [-0.3, -0.25) is 4.99 Å². The monoisotopic (exact) mass is 283 g/mol. The summed E-state index contributed by atoms with van der Waals surface area (Å²) in [6.45, 7) is 10.1. The van der Waals surface area contributed by atoms with Gasteiger partial charge < -0.3 is 10.2 Å². The van der Waals surface area contributed by atoms with Crippen LogP contribution >= 0.6 is 11.8 Å². The zero-order valence-corrected chi connectivity index (χ0v) is 13.5.